The van der Waals surface area contributed by atoms with Gasteiger partial charge in [0, 0.05) is 19.2 Å². The molecule has 0 fully saturated rings. The first-order valence-electron chi connectivity index (χ1n) is 7.91. The van der Waals surface area contributed by atoms with Crippen LogP contribution >= 0.6 is 0 Å². The Bertz CT molecular complexity index is 790. The minimum absolute atomic E-state index is 0.246. The molecule has 0 saturated carbocycles. The Morgan fingerprint density at radius 3 is 2.52 bits per heavy atom. The van der Waals surface area contributed by atoms with Gasteiger partial charge in [0.2, 0.25) is 0 Å². The standard InChI is InChI=1S/C19H18FNO4/c1-25-11-10-21-17(12-6-8-13(20)9-7-12)16(19(23)24)14-4-2-3-5-15(14)18(21)22/h2-9,16-17H,10-11H2,1H3,(H,23,24). The number of carbonyl (C=O) groups excluding carboxylic acids is 1. The Morgan fingerprint density at radius 2 is 1.88 bits per heavy atom. The molecule has 0 radical (unpaired) electrons. The Kier molecular flexibility index (Phi) is 4.81. The quantitative estimate of drug-likeness (QED) is 0.906. The van der Waals surface area contributed by atoms with E-state index in [1.807, 2.05) is 0 Å². The van der Waals surface area contributed by atoms with Crippen LogP contribution in [-0.2, 0) is 9.53 Å². The van der Waals surface area contributed by atoms with Crippen LogP contribution in [0, 0.1) is 5.82 Å². The molecule has 0 spiro atoms. The van der Waals surface area contributed by atoms with Gasteiger partial charge in [-0.3, -0.25) is 9.59 Å². The lowest BCUT2D eigenvalue weighted by atomic mass is 9.80. The van der Waals surface area contributed by atoms with Gasteiger partial charge in [-0.2, -0.15) is 0 Å². The summed E-state index contributed by atoms with van der Waals surface area (Å²) in [6.45, 7) is 0.521. The molecule has 0 aromatic heterocycles. The van der Waals surface area contributed by atoms with Gasteiger partial charge in [0.25, 0.3) is 5.91 Å². The second kappa shape index (κ2) is 7.03. The maximum Gasteiger partial charge on any atom is 0.313 e. The van der Waals surface area contributed by atoms with Crippen LogP contribution in [0.1, 0.15) is 33.4 Å². The predicted molar refractivity (Wildman–Crippen MR) is 88.9 cm³/mol. The number of aliphatic carboxylic acids is 1. The average molecular weight is 343 g/mol. The Balaban J connectivity index is 2.16. The molecule has 1 aliphatic rings. The number of rotatable bonds is 5. The maximum absolute atomic E-state index is 13.3. The first-order chi connectivity index (χ1) is 12.0. The summed E-state index contributed by atoms with van der Waals surface area (Å²) in [5, 5.41) is 9.86. The molecule has 5 nitrogen and oxygen atoms in total. The number of carboxylic acids is 1. The minimum Gasteiger partial charge on any atom is -0.481 e. The predicted octanol–water partition coefficient (Wildman–Crippen LogP) is 2.84. The van der Waals surface area contributed by atoms with E-state index in [1.54, 1.807) is 24.3 Å². The Labute approximate surface area is 144 Å². The third kappa shape index (κ3) is 3.13. The number of ether oxygens (including phenoxy) is 1. The summed E-state index contributed by atoms with van der Waals surface area (Å²) in [5.74, 6) is -2.63. The van der Waals surface area contributed by atoms with Gasteiger partial charge in [0.05, 0.1) is 12.6 Å². The van der Waals surface area contributed by atoms with Gasteiger partial charge < -0.3 is 14.7 Å². The van der Waals surface area contributed by atoms with E-state index in [9.17, 15) is 19.1 Å². The molecule has 0 aliphatic carbocycles. The fraction of sp³-hybridized carbons (Fsp3) is 0.263. The molecule has 2 aromatic carbocycles. The molecule has 130 valence electrons. The number of hydrogen-bond donors (Lipinski definition) is 1. The molecule has 2 unspecified atom stereocenters. The summed E-state index contributed by atoms with van der Waals surface area (Å²) in [5.41, 5.74) is 1.43. The number of carbonyl (C=O) groups is 2. The maximum atomic E-state index is 13.3. The number of hydrogen-bond acceptors (Lipinski definition) is 3. The van der Waals surface area contributed by atoms with Gasteiger partial charge in [-0.25, -0.2) is 4.39 Å². The summed E-state index contributed by atoms with van der Waals surface area (Å²) < 4.78 is 18.4. The highest BCUT2D eigenvalue weighted by atomic mass is 19.1. The number of carboxylic acid groups (broad SMARTS) is 1. The normalized spacial score (nSPS) is 19.6. The summed E-state index contributed by atoms with van der Waals surface area (Å²) in [6, 6.07) is 11.6. The lowest BCUT2D eigenvalue weighted by Gasteiger charge is -2.40. The van der Waals surface area contributed by atoms with Crippen LogP contribution < -0.4 is 0 Å². The van der Waals surface area contributed by atoms with Crippen molar-refractivity contribution in [2.24, 2.45) is 0 Å². The number of amides is 1. The van der Waals surface area contributed by atoms with Crippen LogP contribution in [0.5, 0.6) is 0 Å². The second-order valence-corrected chi connectivity index (χ2v) is 5.89. The SMILES string of the molecule is COCCN1C(=O)c2ccccc2C(C(=O)O)C1c1ccc(F)cc1. The number of fused-ring (bicyclic) bond motifs is 1. The van der Waals surface area contributed by atoms with Crippen molar-refractivity contribution in [2.45, 2.75) is 12.0 Å². The third-order valence-corrected chi connectivity index (χ3v) is 4.45. The fourth-order valence-electron chi connectivity index (χ4n) is 3.32. The van der Waals surface area contributed by atoms with E-state index in [1.165, 1.54) is 36.3 Å². The lowest BCUT2D eigenvalue weighted by Crippen LogP contribution is -2.46. The van der Waals surface area contributed by atoms with Crippen molar-refractivity contribution in [3.8, 4) is 0 Å². The molecule has 1 heterocycles. The van der Waals surface area contributed by atoms with Gasteiger partial charge in [-0.05, 0) is 29.3 Å². The third-order valence-electron chi connectivity index (χ3n) is 4.45. The number of nitrogens with zero attached hydrogens (tertiary/aromatic N) is 1. The van der Waals surface area contributed by atoms with E-state index in [2.05, 4.69) is 0 Å². The smallest absolute Gasteiger partial charge is 0.313 e. The van der Waals surface area contributed by atoms with Crippen LogP contribution in [0.25, 0.3) is 0 Å². The molecule has 0 bridgehead atoms. The summed E-state index contributed by atoms with van der Waals surface area (Å²) in [4.78, 5) is 26.5. The van der Waals surface area contributed by atoms with Crippen molar-refractivity contribution >= 4 is 11.9 Å². The Morgan fingerprint density at radius 1 is 1.20 bits per heavy atom. The molecule has 6 heteroatoms. The number of halogens is 1. The van der Waals surface area contributed by atoms with E-state index < -0.39 is 23.7 Å². The molecule has 2 aromatic rings. The topological polar surface area (TPSA) is 66.8 Å². The molecule has 3 rings (SSSR count). The van der Waals surface area contributed by atoms with E-state index in [-0.39, 0.29) is 19.1 Å². The first kappa shape index (κ1) is 17.1. The molecule has 2 atom stereocenters. The van der Waals surface area contributed by atoms with Crippen molar-refractivity contribution in [1.29, 1.82) is 0 Å². The molecule has 1 aliphatic heterocycles. The van der Waals surface area contributed by atoms with Crippen LogP contribution in [-0.4, -0.2) is 42.1 Å². The van der Waals surface area contributed by atoms with Crippen molar-refractivity contribution in [1.82, 2.24) is 4.90 Å². The summed E-state index contributed by atoms with van der Waals surface area (Å²) in [6.07, 6.45) is 0. The fourth-order valence-corrected chi connectivity index (χ4v) is 3.32. The summed E-state index contributed by atoms with van der Waals surface area (Å²) >= 11 is 0. The Hall–Kier alpha value is -2.73. The minimum atomic E-state index is -1.03. The van der Waals surface area contributed by atoms with E-state index in [0.717, 1.165) is 0 Å². The largest absolute Gasteiger partial charge is 0.481 e. The highest BCUT2D eigenvalue weighted by molar-refractivity contribution is 6.00. The lowest BCUT2D eigenvalue weighted by molar-refractivity contribution is -0.140. The molecular weight excluding hydrogens is 325 g/mol. The zero-order chi connectivity index (χ0) is 18.0. The van der Waals surface area contributed by atoms with Crippen molar-refractivity contribution in [2.75, 3.05) is 20.3 Å². The van der Waals surface area contributed by atoms with Gasteiger partial charge in [0.1, 0.15) is 11.7 Å². The van der Waals surface area contributed by atoms with Gasteiger partial charge in [-0.15, -0.1) is 0 Å². The first-order valence-corrected chi connectivity index (χ1v) is 7.91. The molecule has 1 N–H and O–H groups in total. The van der Waals surface area contributed by atoms with Crippen molar-refractivity contribution in [3.63, 3.8) is 0 Å². The van der Waals surface area contributed by atoms with Gasteiger partial charge in [-0.1, -0.05) is 30.3 Å². The number of benzene rings is 2. The average Bonchev–Trinajstić information content (AvgIpc) is 2.61. The van der Waals surface area contributed by atoms with Crippen LogP contribution in [0.2, 0.25) is 0 Å². The monoisotopic (exact) mass is 343 g/mol. The van der Waals surface area contributed by atoms with Crippen molar-refractivity contribution in [3.05, 3.63) is 71.0 Å². The van der Waals surface area contributed by atoms with Gasteiger partial charge >= 0.3 is 5.97 Å². The number of methoxy groups -OCH3 is 1. The highest BCUT2D eigenvalue weighted by Crippen LogP contribution is 2.42. The van der Waals surface area contributed by atoms with Crippen LogP contribution in [0.4, 0.5) is 4.39 Å². The van der Waals surface area contributed by atoms with Crippen LogP contribution in [0.3, 0.4) is 0 Å². The van der Waals surface area contributed by atoms with Gasteiger partial charge in [0.15, 0.2) is 0 Å². The highest BCUT2D eigenvalue weighted by Gasteiger charge is 2.43. The van der Waals surface area contributed by atoms with Crippen molar-refractivity contribution < 1.29 is 23.8 Å². The van der Waals surface area contributed by atoms with E-state index in [4.69, 9.17) is 4.74 Å². The van der Waals surface area contributed by atoms with E-state index in [0.29, 0.717) is 16.7 Å². The van der Waals surface area contributed by atoms with Crippen LogP contribution in [0.15, 0.2) is 48.5 Å². The molecule has 1 amide bonds. The summed E-state index contributed by atoms with van der Waals surface area (Å²) in [7, 11) is 1.52. The molecule has 0 saturated heterocycles. The zero-order valence-electron chi connectivity index (χ0n) is 13.7. The molecule has 25 heavy (non-hydrogen) atoms. The molecular formula is C19H18FNO4. The zero-order valence-corrected chi connectivity index (χ0v) is 13.7. The van der Waals surface area contributed by atoms with E-state index >= 15 is 0 Å². The second-order valence-electron chi connectivity index (χ2n) is 5.89.